The van der Waals surface area contributed by atoms with Crippen LogP contribution in [0.4, 0.5) is 10.1 Å². The van der Waals surface area contributed by atoms with Gasteiger partial charge in [0.05, 0.1) is 6.54 Å². The van der Waals surface area contributed by atoms with Crippen LogP contribution in [0.1, 0.15) is 21.5 Å². The Kier molecular flexibility index (Phi) is 4.88. The fourth-order valence-corrected chi connectivity index (χ4v) is 1.93. The highest BCUT2D eigenvalue weighted by molar-refractivity contribution is 5.99. The maximum absolute atomic E-state index is 12.8. The molecule has 0 atom stereocenters. The van der Waals surface area contributed by atoms with Crippen molar-refractivity contribution in [2.75, 3.05) is 11.9 Å². The first kappa shape index (κ1) is 15.7. The lowest BCUT2D eigenvalue weighted by Crippen LogP contribution is -2.33. The average molecular weight is 300 g/mol. The molecule has 0 bridgehead atoms. The van der Waals surface area contributed by atoms with E-state index in [2.05, 4.69) is 10.6 Å². The Morgan fingerprint density at radius 3 is 2.41 bits per heavy atom. The molecule has 22 heavy (non-hydrogen) atoms. The summed E-state index contributed by atoms with van der Waals surface area (Å²) in [4.78, 5) is 23.7. The second kappa shape index (κ2) is 6.85. The van der Waals surface area contributed by atoms with Crippen LogP contribution in [0, 0.1) is 19.7 Å². The predicted octanol–water partition coefficient (Wildman–Crippen LogP) is 2.81. The molecule has 0 radical (unpaired) electrons. The van der Waals surface area contributed by atoms with Crippen molar-refractivity contribution in [1.29, 1.82) is 0 Å². The number of hydrogen-bond acceptors (Lipinski definition) is 2. The molecule has 0 aliphatic heterocycles. The summed E-state index contributed by atoms with van der Waals surface area (Å²) in [6.07, 6.45) is 0. The standard InChI is InChI=1S/C17H17FN2O2/c1-11-3-4-12(2)15(9-11)20-16(21)10-19-17(22)13-5-7-14(18)8-6-13/h3-9H,10H2,1-2H3,(H,19,22)(H,20,21). The molecule has 0 fully saturated rings. The number of rotatable bonds is 4. The zero-order valence-electron chi connectivity index (χ0n) is 12.4. The molecule has 2 aromatic rings. The Morgan fingerprint density at radius 1 is 1.05 bits per heavy atom. The van der Waals surface area contributed by atoms with E-state index in [0.717, 1.165) is 16.8 Å². The van der Waals surface area contributed by atoms with E-state index in [0.29, 0.717) is 5.56 Å². The predicted molar refractivity (Wildman–Crippen MR) is 83.3 cm³/mol. The highest BCUT2D eigenvalue weighted by Gasteiger charge is 2.09. The third-order valence-electron chi connectivity index (χ3n) is 3.18. The summed E-state index contributed by atoms with van der Waals surface area (Å²) in [6.45, 7) is 3.68. The quantitative estimate of drug-likeness (QED) is 0.912. The summed E-state index contributed by atoms with van der Waals surface area (Å²) >= 11 is 0. The smallest absolute Gasteiger partial charge is 0.251 e. The molecule has 0 spiro atoms. The minimum Gasteiger partial charge on any atom is -0.343 e. The van der Waals surface area contributed by atoms with Gasteiger partial charge in [-0.2, -0.15) is 0 Å². The molecule has 0 saturated carbocycles. The average Bonchev–Trinajstić information content (AvgIpc) is 2.49. The lowest BCUT2D eigenvalue weighted by atomic mass is 10.1. The van der Waals surface area contributed by atoms with Crippen molar-refractivity contribution >= 4 is 17.5 Å². The maximum atomic E-state index is 12.8. The second-order valence-electron chi connectivity index (χ2n) is 5.06. The van der Waals surface area contributed by atoms with Crippen LogP contribution in [0.25, 0.3) is 0 Å². The number of hydrogen-bond donors (Lipinski definition) is 2. The lowest BCUT2D eigenvalue weighted by Gasteiger charge is -2.10. The highest BCUT2D eigenvalue weighted by atomic mass is 19.1. The number of carbonyl (C=O) groups excluding carboxylic acids is 2. The van der Waals surface area contributed by atoms with E-state index in [1.54, 1.807) is 0 Å². The Hall–Kier alpha value is -2.69. The molecular formula is C17H17FN2O2. The molecule has 0 aromatic heterocycles. The number of benzene rings is 2. The summed E-state index contributed by atoms with van der Waals surface area (Å²) in [6, 6.07) is 10.9. The number of halogens is 1. The maximum Gasteiger partial charge on any atom is 0.251 e. The highest BCUT2D eigenvalue weighted by Crippen LogP contribution is 2.15. The van der Waals surface area contributed by atoms with Gasteiger partial charge in [0.2, 0.25) is 5.91 Å². The first-order valence-electron chi connectivity index (χ1n) is 6.86. The van der Waals surface area contributed by atoms with Gasteiger partial charge < -0.3 is 10.6 Å². The third kappa shape index (κ3) is 4.15. The van der Waals surface area contributed by atoms with Gasteiger partial charge in [-0.25, -0.2) is 4.39 Å². The third-order valence-corrected chi connectivity index (χ3v) is 3.18. The molecule has 0 aliphatic carbocycles. The lowest BCUT2D eigenvalue weighted by molar-refractivity contribution is -0.115. The summed E-state index contributed by atoms with van der Waals surface area (Å²) in [5, 5.41) is 5.25. The summed E-state index contributed by atoms with van der Waals surface area (Å²) in [5.74, 6) is -1.15. The van der Waals surface area contributed by atoms with Gasteiger partial charge in [0.25, 0.3) is 5.91 Å². The van der Waals surface area contributed by atoms with Gasteiger partial charge in [-0.05, 0) is 55.3 Å². The van der Waals surface area contributed by atoms with Crippen LogP contribution in [0.2, 0.25) is 0 Å². The van der Waals surface area contributed by atoms with Gasteiger partial charge >= 0.3 is 0 Å². The Labute approximate surface area is 128 Å². The zero-order chi connectivity index (χ0) is 16.1. The number of anilines is 1. The molecule has 0 aliphatic rings. The Bertz CT molecular complexity index is 696. The van der Waals surface area contributed by atoms with Crippen molar-refractivity contribution in [3.05, 3.63) is 65.0 Å². The van der Waals surface area contributed by atoms with Crippen molar-refractivity contribution in [2.24, 2.45) is 0 Å². The number of carbonyl (C=O) groups is 2. The minimum atomic E-state index is -0.420. The summed E-state index contributed by atoms with van der Waals surface area (Å²) < 4.78 is 12.8. The van der Waals surface area contributed by atoms with Crippen molar-refractivity contribution in [2.45, 2.75) is 13.8 Å². The zero-order valence-corrected chi connectivity index (χ0v) is 12.4. The first-order valence-corrected chi connectivity index (χ1v) is 6.86. The Balaban J connectivity index is 1.91. The first-order chi connectivity index (χ1) is 10.5. The van der Waals surface area contributed by atoms with Crippen molar-refractivity contribution in [3.8, 4) is 0 Å². The second-order valence-corrected chi connectivity index (χ2v) is 5.06. The summed E-state index contributed by atoms with van der Waals surface area (Å²) in [5.41, 5.74) is 3.02. The van der Waals surface area contributed by atoms with Gasteiger partial charge in [0, 0.05) is 11.3 Å². The molecule has 5 heteroatoms. The topological polar surface area (TPSA) is 58.2 Å². The van der Waals surface area contributed by atoms with E-state index in [1.165, 1.54) is 24.3 Å². The molecule has 2 rings (SSSR count). The van der Waals surface area contributed by atoms with E-state index < -0.39 is 11.7 Å². The van der Waals surface area contributed by atoms with E-state index in [1.807, 2.05) is 32.0 Å². The van der Waals surface area contributed by atoms with Gasteiger partial charge in [-0.15, -0.1) is 0 Å². The van der Waals surface area contributed by atoms with Crippen LogP contribution >= 0.6 is 0 Å². The molecule has 114 valence electrons. The molecule has 2 amide bonds. The van der Waals surface area contributed by atoms with E-state index >= 15 is 0 Å². The molecule has 4 nitrogen and oxygen atoms in total. The van der Waals surface area contributed by atoms with Gasteiger partial charge in [0.15, 0.2) is 0 Å². The molecule has 2 aromatic carbocycles. The van der Waals surface area contributed by atoms with Crippen molar-refractivity contribution in [1.82, 2.24) is 5.32 Å². The van der Waals surface area contributed by atoms with Crippen LogP contribution in [0.3, 0.4) is 0 Å². The van der Waals surface area contributed by atoms with Crippen molar-refractivity contribution < 1.29 is 14.0 Å². The van der Waals surface area contributed by atoms with Crippen LogP contribution in [0.5, 0.6) is 0 Å². The molecular weight excluding hydrogens is 283 g/mol. The summed E-state index contributed by atoms with van der Waals surface area (Å²) in [7, 11) is 0. The van der Waals surface area contributed by atoms with Crippen LogP contribution < -0.4 is 10.6 Å². The number of nitrogens with one attached hydrogen (secondary N) is 2. The number of amides is 2. The minimum absolute atomic E-state index is 0.149. The monoisotopic (exact) mass is 300 g/mol. The van der Waals surface area contributed by atoms with Crippen LogP contribution in [-0.2, 0) is 4.79 Å². The van der Waals surface area contributed by atoms with Crippen molar-refractivity contribution in [3.63, 3.8) is 0 Å². The fraction of sp³-hybridized carbons (Fsp3) is 0.176. The molecule has 0 unspecified atom stereocenters. The largest absolute Gasteiger partial charge is 0.343 e. The van der Waals surface area contributed by atoms with E-state index in [-0.39, 0.29) is 12.5 Å². The van der Waals surface area contributed by atoms with Gasteiger partial charge in [-0.3, -0.25) is 9.59 Å². The van der Waals surface area contributed by atoms with E-state index in [4.69, 9.17) is 0 Å². The van der Waals surface area contributed by atoms with Gasteiger partial charge in [0.1, 0.15) is 5.82 Å². The Morgan fingerprint density at radius 2 is 1.73 bits per heavy atom. The van der Waals surface area contributed by atoms with Crippen LogP contribution in [0.15, 0.2) is 42.5 Å². The molecule has 0 heterocycles. The van der Waals surface area contributed by atoms with E-state index in [9.17, 15) is 14.0 Å². The molecule has 2 N–H and O–H groups in total. The normalized spacial score (nSPS) is 10.1. The number of aryl methyl sites for hydroxylation is 2. The van der Waals surface area contributed by atoms with Crippen LogP contribution in [-0.4, -0.2) is 18.4 Å². The fourth-order valence-electron chi connectivity index (χ4n) is 1.93. The van der Waals surface area contributed by atoms with Gasteiger partial charge in [-0.1, -0.05) is 12.1 Å². The SMILES string of the molecule is Cc1ccc(C)c(NC(=O)CNC(=O)c2ccc(F)cc2)c1. The molecule has 0 saturated heterocycles.